The number of carbonyl (C=O) groups excluding carboxylic acids is 2. The van der Waals surface area contributed by atoms with Crippen molar-refractivity contribution in [2.24, 2.45) is 11.8 Å². The summed E-state index contributed by atoms with van der Waals surface area (Å²) in [6, 6.07) is 10.6. The van der Waals surface area contributed by atoms with Gasteiger partial charge in [-0.1, -0.05) is 30.3 Å². The van der Waals surface area contributed by atoms with Crippen molar-refractivity contribution in [3.05, 3.63) is 35.9 Å². The molecule has 1 unspecified atom stereocenters. The van der Waals surface area contributed by atoms with E-state index in [0.717, 1.165) is 13.0 Å². The molecular weight excluding hydrogens is 266 g/mol. The van der Waals surface area contributed by atoms with Gasteiger partial charge in [0.05, 0.1) is 7.05 Å². The lowest BCUT2D eigenvalue weighted by molar-refractivity contribution is -0.926. The Morgan fingerprint density at radius 2 is 2.00 bits per heavy atom. The number of quaternary nitrogens is 1. The Morgan fingerprint density at radius 1 is 1.33 bits per heavy atom. The lowest BCUT2D eigenvalue weighted by Gasteiger charge is -2.42. The van der Waals surface area contributed by atoms with Crippen molar-refractivity contribution in [2.75, 3.05) is 13.6 Å². The highest BCUT2D eigenvalue weighted by atomic mass is 16.6. The van der Waals surface area contributed by atoms with Crippen LogP contribution in [0, 0.1) is 11.8 Å². The molecule has 1 aromatic carbocycles. The zero-order valence-corrected chi connectivity index (χ0v) is 12.8. The number of piperidine rings is 1. The Hall–Kier alpha value is -1.68. The molecule has 2 fully saturated rings. The molecule has 4 nitrogen and oxygen atoms in total. The van der Waals surface area contributed by atoms with Crippen LogP contribution in [0.25, 0.3) is 0 Å². The molecule has 112 valence electrons. The Labute approximate surface area is 125 Å². The van der Waals surface area contributed by atoms with Crippen LogP contribution in [-0.2, 0) is 14.3 Å². The molecule has 21 heavy (non-hydrogen) atoms. The first-order valence-corrected chi connectivity index (χ1v) is 7.53. The third kappa shape index (κ3) is 2.27. The van der Waals surface area contributed by atoms with Crippen LogP contribution >= 0.6 is 0 Å². The maximum Gasteiger partial charge on any atom is 0.317 e. The van der Waals surface area contributed by atoms with Crippen molar-refractivity contribution >= 4 is 11.8 Å². The van der Waals surface area contributed by atoms with Gasteiger partial charge in [0.2, 0.25) is 0 Å². The lowest BCUT2D eigenvalue weighted by Crippen LogP contribution is -3.13. The second-order valence-electron chi connectivity index (χ2n) is 6.65. The number of likely N-dealkylation sites (N-methyl/N-ethyl adjacent to an activating group) is 1. The van der Waals surface area contributed by atoms with E-state index in [-0.39, 0.29) is 17.7 Å². The van der Waals surface area contributed by atoms with Gasteiger partial charge in [-0.25, -0.2) is 0 Å². The van der Waals surface area contributed by atoms with Gasteiger partial charge in [-0.05, 0) is 13.8 Å². The van der Waals surface area contributed by atoms with E-state index >= 15 is 0 Å². The molecule has 0 aliphatic carbocycles. The minimum atomic E-state index is -0.589. The molecule has 1 aromatic rings. The summed E-state index contributed by atoms with van der Waals surface area (Å²) in [4.78, 5) is 25.3. The SMILES string of the molecule is CC(=O)[C@@H]1C(=O)O[C@@]2(C)C[NH+](C)[C@@H](c3ccccc3)C[C@@H]12. The number of ketones is 1. The monoisotopic (exact) mass is 288 g/mol. The van der Waals surface area contributed by atoms with Gasteiger partial charge >= 0.3 is 5.97 Å². The van der Waals surface area contributed by atoms with Gasteiger partial charge in [0, 0.05) is 17.9 Å². The summed E-state index contributed by atoms with van der Waals surface area (Å²) in [5.41, 5.74) is 0.752. The number of Topliss-reactive ketones (excluding diaryl/α,β-unsaturated/α-hetero) is 1. The first kappa shape index (κ1) is 14.3. The van der Waals surface area contributed by atoms with Crippen LogP contribution in [0.1, 0.15) is 31.9 Å². The first-order chi connectivity index (χ1) is 9.92. The maximum atomic E-state index is 12.1. The molecule has 0 radical (unpaired) electrons. The van der Waals surface area contributed by atoms with Gasteiger partial charge in [-0.3, -0.25) is 9.59 Å². The first-order valence-electron chi connectivity index (χ1n) is 7.53. The number of nitrogens with one attached hydrogen (secondary N) is 1. The zero-order valence-electron chi connectivity index (χ0n) is 12.8. The fraction of sp³-hybridized carbons (Fsp3) is 0.529. The van der Waals surface area contributed by atoms with Gasteiger partial charge < -0.3 is 9.64 Å². The zero-order chi connectivity index (χ0) is 15.2. The van der Waals surface area contributed by atoms with Crippen LogP contribution in [0.3, 0.4) is 0 Å². The summed E-state index contributed by atoms with van der Waals surface area (Å²) >= 11 is 0. The van der Waals surface area contributed by atoms with E-state index in [9.17, 15) is 9.59 Å². The molecule has 2 aliphatic rings. The third-order valence-corrected chi connectivity index (χ3v) is 5.13. The number of fused-ring (bicyclic) bond motifs is 1. The fourth-order valence-corrected chi connectivity index (χ4v) is 4.13. The number of hydrogen-bond acceptors (Lipinski definition) is 3. The predicted molar refractivity (Wildman–Crippen MR) is 77.7 cm³/mol. The summed E-state index contributed by atoms with van der Waals surface area (Å²) in [5, 5.41) is 0. The number of esters is 1. The van der Waals surface area contributed by atoms with Crippen molar-refractivity contribution in [1.82, 2.24) is 0 Å². The largest absolute Gasteiger partial charge is 0.452 e. The van der Waals surface area contributed by atoms with Crippen molar-refractivity contribution < 1.29 is 19.2 Å². The summed E-state index contributed by atoms with van der Waals surface area (Å²) < 4.78 is 5.60. The third-order valence-electron chi connectivity index (χ3n) is 5.13. The Bertz CT molecular complexity index is 571. The topological polar surface area (TPSA) is 47.8 Å². The molecule has 2 heterocycles. The molecule has 4 heteroatoms. The van der Waals surface area contributed by atoms with Crippen molar-refractivity contribution in [1.29, 1.82) is 0 Å². The van der Waals surface area contributed by atoms with Crippen molar-refractivity contribution in [2.45, 2.75) is 31.9 Å². The van der Waals surface area contributed by atoms with E-state index in [2.05, 4.69) is 19.2 Å². The van der Waals surface area contributed by atoms with Crippen LogP contribution in [0.15, 0.2) is 30.3 Å². The second kappa shape index (κ2) is 4.95. The van der Waals surface area contributed by atoms with E-state index < -0.39 is 11.5 Å². The lowest BCUT2D eigenvalue weighted by atomic mass is 9.72. The second-order valence-corrected chi connectivity index (χ2v) is 6.65. The molecule has 0 saturated carbocycles. The van der Waals surface area contributed by atoms with E-state index in [1.807, 2.05) is 25.1 Å². The number of rotatable bonds is 2. The Morgan fingerprint density at radius 3 is 2.62 bits per heavy atom. The van der Waals surface area contributed by atoms with Crippen molar-refractivity contribution in [3.63, 3.8) is 0 Å². The molecule has 5 atom stereocenters. The summed E-state index contributed by atoms with van der Waals surface area (Å²) in [7, 11) is 2.13. The smallest absolute Gasteiger partial charge is 0.317 e. The molecule has 0 bridgehead atoms. The molecule has 1 N–H and O–H groups in total. The summed E-state index contributed by atoms with van der Waals surface area (Å²) in [5.74, 6) is -1.01. The highest BCUT2D eigenvalue weighted by Crippen LogP contribution is 2.43. The number of benzene rings is 1. The molecule has 0 aromatic heterocycles. The molecular formula is C17H22NO3+. The number of likely N-dealkylation sites (tertiary alicyclic amines) is 1. The maximum absolute atomic E-state index is 12.1. The number of hydrogen-bond donors (Lipinski definition) is 1. The Balaban J connectivity index is 1.93. The van der Waals surface area contributed by atoms with Gasteiger partial charge in [0.25, 0.3) is 0 Å². The fourth-order valence-electron chi connectivity index (χ4n) is 4.13. The van der Waals surface area contributed by atoms with Crippen LogP contribution in [0.4, 0.5) is 0 Å². The van der Waals surface area contributed by atoms with E-state index in [0.29, 0.717) is 6.04 Å². The van der Waals surface area contributed by atoms with Gasteiger partial charge in [0.15, 0.2) is 5.60 Å². The molecule has 0 amide bonds. The average molecular weight is 288 g/mol. The van der Waals surface area contributed by atoms with E-state index in [1.165, 1.54) is 17.4 Å². The molecule has 0 spiro atoms. The Kier molecular flexibility index (Phi) is 3.36. The molecule has 3 rings (SSSR count). The minimum Gasteiger partial charge on any atom is -0.452 e. The molecule has 2 aliphatic heterocycles. The van der Waals surface area contributed by atoms with Gasteiger partial charge in [-0.15, -0.1) is 0 Å². The van der Waals surface area contributed by atoms with Gasteiger partial charge in [-0.2, -0.15) is 0 Å². The van der Waals surface area contributed by atoms with Crippen molar-refractivity contribution in [3.8, 4) is 0 Å². The van der Waals surface area contributed by atoms with Crippen LogP contribution in [-0.4, -0.2) is 30.9 Å². The quantitative estimate of drug-likeness (QED) is 0.646. The number of ether oxygens (including phenoxy) is 1. The van der Waals surface area contributed by atoms with E-state index in [4.69, 9.17) is 4.74 Å². The van der Waals surface area contributed by atoms with Crippen LogP contribution in [0.2, 0.25) is 0 Å². The number of carbonyl (C=O) groups is 2. The normalized spacial score (nSPS) is 38.7. The minimum absolute atomic E-state index is 0.0172. The highest BCUT2D eigenvalue weighted by molar-refractivity contribution is 5.99. The van der Waals surface area contributed by atoms with Crippen LogP contribution in [0.5, 0.6) is 0 Å². The van der Waals surface area contributed by atoms with E-state index in [1.54, 1.807) is 0 Å². The highest BCUT2D eigenvalue weighted by Gasteiger charge is 2.60. The summed E-state index contributed by atoms with van der Waals surface area (Å²) in [6.45, 7) is 4.22. The average Bonchev–Trinajstić information content (AvgIpc) is 2.67. The predicted octanol–water partition coefficient (Wildman–Crippen LogP) is 0.783. The van der Waals surface area contributed by atoms with Crippen LogP contribution < -0.4 is 4.90 Å². The summed E-state index contributed by atoms with van der Waals surface area (Å²) in [6.07, 6.45) is 0.808. The van der Waals surface area contributed by atoms with Gasteiger partial charge in [0.1, 0.15) is 24.3 Å². The molecule has 2 saturated heterocycles. The standard InChI is InChI=1S/C17H21NO3/c1-11(19)15-13-9-14(12-7-5-4-6-8-12)18(3)10-17(13,2)21-16(15)20/h4-8,13-15H,9-10H2,1-3H3/p+1/t13-,14+,15-,17-/m0/s1.